The average molecular weight is 340 g/mol. The Morgan fingerprint density at radius 2 is 1.54 bits per heavy atom. The SMILES string of the molecule is Cc1cccc(C)c1-n1[c-][n+]2c3ccc(F)cc3c3ccccc3c2c1. The molecule has 0 fully saturated rings. The second-order valence-electron chi connectivity index (χ2n) is 6.77. The van der Waals surface area contributed by atoms with E-state index >= 15 is 0 Å². The molecule has 0 aliphatic heterocycles. The Bertz CT molecular complexity index is 1290. The Hall–Kier alpha value is -3.20. The summed E-state index contributed by atoms with van der Waals surface area (Å²) < 4.78 is 18.0. The summed E-state index contributed by atoms with van der Waals surface area (Å²) in [7, 11) is 0. The highest BCUT2D eigenvalue weighted by Gasteiger charge is 2.13. The first-order chi connectivity index (χ1) is 12.6. The Labute approximate surface area is 150 Å². The van der Waals surface area contributed by atoms with Gasteiger partial charge in [0.1, 0.15) is 5.82 Å². The molecular weight excluding hydrogens is 323 g/mol. The van der Waals surface area contributed by atoms with Crippen molar-refractivity contribution in [2.45, 2.75) is 13.8 Å². The molecule has 0 N–H and O–H groups in total. The number of benzene rings is 3. The summed E-state index contributed by atoms with van der Waals surface area (Å²) in [4.78, 5) is 0. The van der Waals surface area contributed by atoms with Gasteiger partial charge in [-0.05, 0) is 59.3 Å². The summed E-state index contributed by atoms with van der Waals surface area (Å²) in [5.74, 6) is -0.225. The van der Waals surface area contributed by atoms with Crippen LogP contribution in [0.15, 0.2) is 66.9 Å². The lowest BCUT2D eigenvalue weighted by Gasteiger charge is -2.08. The van der Waals surface area contributed by atoms with Crippen LogP contribution in [0.1, 0.15) is 11.1 Å². The minimum Gasteiger partial charge on any atom is -0.298 e. The summed E-state index contributed by atoms with van der Waals surface area (Å²) in [5, 5.41) is 3.04. The Morgan fingerprint density at radius 3 is 2.31 bits per heavy atom. The van der Waals surface area contributed by atoms with E-state index in [1.165, 1.54) is 17.2 Å². The van der Waals surface area contributed by atoms with Gasteiger partial charge in [0.25, 0.3) is 6.33 Å². The van der Waals surface area contributed by atoms with Crippen LogP contribution in [0.5, 0.6) is 0 Å². The Kier molecular flexibility index (Phi) is 3.13. The number of fused-ring (bicyclic) bond motifs is 6. The molecule has 126 valence electrons. The van der Waals surface area contributed by atoms with E-state index in [-0.39, 0.29) is 5.82 Å². The van der Waals surface area contributed by atoms with Crippen LogP contribution in [0, 0.1) is 26.0 Å². The van der Waals surface area contributed by atoms with Crippen molar-refractivity contribution >= 4 is 27.2 Å². The summed E-state index contributed by atoms with van der Waals surface area (Å²) in [5.41, 5.74) is 5.53. The van der Waals surface area contributed by atoms with Gasteiger partial charge in [0, 0.05) is 6.20 Å². The van der Waals surface area contributed by atoms with Gasteiger partial charge in [-0.15, -0.1) is 0 Å². The minimum absolute atomic E-state index is 0.225. The molecule has 2 heterocycles. The molecule has 26 heavy (non-hydrogen) atoms. The van der Waals surface area contributed by atoms with Gasteiger partial charge in [-0.1, -0.05) is 42.5 Å². The van der Waals surface area contributed by atoms with Gasteiger partial charge in [-0.2, -0.15) is 0 Å². The third-order valence-corrected chi connectivity index (χ3v) is 5.07. The molecule has 0 saturated heterocycles. The standard InChI is InChI=1S/C23H17FN2/c1-15-6-5-7-16(2)23(15)25-13-22-19-9-4-3-8-18(19)20-12-17(24)10-11-21(20)26(22)14-25/h3-13H,1-2H3. The fraction of sp³-hybridized carbons (Fsp3) is 0.0870. The summed E-state index contributed by atoms with van der Waals surface area (Å²) in [6, 6.07) is 19.4. The predicted molar refractivity (Wildman–Crippen MR) is 102 cm³/mol. The number of imidazole rings is 1. The number of hydrogen-bond acceptors (Lipinski definition) is 0. The van der Waals surface area contributed by atoms with E-state index in [2.05, 4.69) is 55.2 Å². The molecule has 3 heteroatoms. The smallest absolute Gasteiger partial charge is 0.269 e. The molecule has 0 radical (unpaired) electrons. The zero-order valence-corrected chi connectivity index (χ0v) is 14.6. The van der Waals surface area contributed by atoms with Crippen molar-refractivity contribution in [3.63, 3.8) is 0 Å². The lowest BCUT2D eigenvalue weighted by molar-refractivity contribution is -0.485. The van der Waals surface area contributed by atoms with Gasteiger partial charge in [0.2, 0.25) is 0 Å². The second kappa shape index (κ2) is 5.40. The van der Waals surface area contributed by atoms with Gasteiger partial charge in [0.15, 0.2) is 0 Å². The van der Waals surface area contributed by atoms with Crippen LogP contribution in [-0.2, 0) is 0 Å². The topological polar surface area (TPSA) is 9.03 Å². The molecule has 2 aromatic heterocycles. The van der Waals surface area contributed by atoms with E-state index in [9.17, 15) is 4.39 Å². The first-order valence-electron chi connectivity index (χ1n) is 8.66. The van der Waals surface area contributed by atoms with Gasteiger partial charge in [-0.25, -0.2) is 4.39 Å². The fourth-order valence-corrected chi connectivity index (χ4v) is 3.90. The van der Waals surface area contributed by atoms with E-state index in [0.717, 1.165) is 32.9 Å². The van der Waals surface area contributed by atoms with E-state index in [0.29, 0.717) is 0 Å². The van der Waals surface area contributed by atoms with Crippen molar-refractivity contribution in [3.8, 4) is 5.69 Å². The number of rotatable bonds is 1. The van der Waals surface area contributed by atoms with E-state index < -0.39 is 0 Å². The number of hydrogen-bond donors (Lipinski definition) is 0. The quantitative estimate of drug-likeness (QED) is 0.229. The maximum Gasteiger partial charge on any atom is 0.269 e. The van der Waals surface area contributed by atoms with Gasteiger partial charge in [-0.3, -0.25) is 8.97 Å². The molecular formula is C23H17FN2. The Balaban J connectivity index is 1.98. The van der Waals surface area contributed by atoms with Crippen molar-refractivity contribution < 1.29 is 8.79 Å². The van der Waals surface area contributed by atoms with Crippen molar-refractivity contribution in [1.82, 2.24) is 4.57 Å². The molecule has 0 aliphatic rings. The van der Waals surface area contributed by atoms with Crippen LogP contribution in [0.3, 0.4) is 0 Å². The van der Waals surface area contributed by atoms with Gasteiger partial charge in [0.05, 0.1) is 16.7 Å². The predicted octanol–water partition coefficient (Wildman–Crippen LogP) is 5.08. The van der Waals surface area contributed by atoms with Crippen LogP contribution in [-0.4, -0.2) is 4.57 Å². The van der Waals surface area contributed by atoms with Crippen LogP contribution >= 0.6 is 0 Å². The van der Waals surface area contributed by atoms with Gasteiger partial charge >= 0.3 is 0 Å². The number of para-hydroxylation sites is 1. The molecule has 0 aliphatic carbocycles. The summed E-state index contributed by atoms with van der Waals surface area (Å²) >= 11 is 0. The first kappa shape index (κ1) is 15.1. The number of pyridine rings is 1. The third kappa shape index (κ3) is 2.07. The number of halogens is 1. The monoisotopic (exact) mass is 340 g/mol. The lowest BCUT2D eigenvalue weighted by Crippen LogP contribution is -2.21. The molecule has 2 nitrogen and oxygen atoms in total. The maximum atomic E-state index is 13.9. The molecule has 3 aromatic carbocycles. The first-order valence-corrected chi connectivity index (χ1v) is 8.66. The highest BCUT2D eigenvalue weighted by molar-refractivity contribution is 6.09. The molecule has 0 bridgehead atoms. The highest BCUT2D eigenvalue weighted by atomic mass is 19.1. The van der Waals surface area contributed by atoms with Crippen LogP contribution in [0.2, 0.25) is 0 Å². The van der Waals surface area contributed by atoms with Crippen molar-refractivity contribution in [3.05, 3.63) is 90.1 Å². The molecule has 0 atom stereocenters. The molecule has 0 spiro atoms. The molecule has 0 amide bonds. The second-order valence-corrected chi connectivity index (χ2v) is 6.77. The molecule has 5 rings (SSSR count). The zero-order valence-electron chi connectivity index (χ0n) is 14.6. The molecule has 5 aromatic rings. The minimum atomic E-state index is -0.225. The number of aryl methyl sites for hydroxylation is 2. The highest BCUT2D eigenvalue weighted by Crippen LogP contribution is 2.28. The Morgan fingerprint density at radius 1 is 0.808 bits per heavy atom. The summed E-state index contributed by atoms with van der Waals surface area (Å²) in [6.45, 7) is 4.22. The zero-order chi connectivity index (χ0) is 17.8. The molecule has 0 unspecified atom stereocenters. The van der Waals surface area contributed by atoms with E-state index in [4.69, 9.17) is 0 Å². The van der Waals surface area contributed by atoms with E-state index in [1.54, 1.807) is 6.07 Å². The molecule has 0 saturated carbocycles. The largest absolute Gasteiger partial charge is 0.298 e. The van der Waals surface area contributed by atoms with Crippen LogP contribution < -0.4 is 4.40 Å². The summed E-state index contributed by atoms with van der Waals surface area (Å²) in [6.07, 6.45) is 5.57. The van der Waals surface area contributed by atoms with E-state index in [1.807, 2.05) is 28.7 Å². The van der Waals surface area contributed by atoms with Crippen LogP contribution in [0.25, 0.3) is 32.9 Å². The fourth-order valence-electron chi connectivity index (χ4n) is 3.90. The lowest BCUT2D eigenvalue weighted by atomic mass is 10.1. The third-order valence-electron chi connectivity index (χ3n) is 5.07. The van der Waals surface area contributed by atoms with Crippen molar-refractivity contribution in [2.75, 3.05) is 0 Å². The number of nitrogens with zero attached hydrogens (tertiary/aromatic N) is 2. The normalized spacial score (nSPS) is 11.7. The van der Waals surface area contributed by atoms with Crippen molar-refractivity contribution in [1.29, 1.82) is 0 Å². The van der Waals surface area contributed by atoms with Crippen LogP contribution in [0.4, 0.5) is 4.39 Å². The van der Waals surface area contributed by atoms with Crippen molar-refractivity contribution in [2.24, 2.45) is 0 Å². The average Bonchev–Trinajstić information content (AvgIpc) is 3.07. The number of aromatic nitrogens is 2. The van der Waals surface area contributed by atoms with Gasteiger partial charge < -0.3 is 0 Å². The maximum absolute atomic E-state index is 13.9.